The molecule has 0 N–H and O–H groups in total. The Morgan fingerprint density at radius 2 is 2.00 bits per heavy atom. The molecule has 216 valence electrons. The smallest absolute Gasteiger partial charge is 0.225 e. The molecule has 1 fully saturated rings. The zero-order valence-corrected chi connectivity index (χ0v) is 24.7. The molecule has 3 aliphatic rings. The van der Waals surface area contributed by atoms with Crippen molar-refractivity contribution in [1.82, 2.24) is 4.90 Å². The third-order valence-electron chi connectivity index (χ3n) is 8.99. The molecule has 0 radical (unpaired) electrons. The minimum absolute atomic E-state index is 0.0418. The summed E-state index contributed by atoms with van der Waals surface area (Å²) in [5, 5.41) is 0.754. The molecule has 5 nitrogen and oxygen atoms in total. The summed E-state index contributed by atoms with van der Waals surface area (Å²) in [7, 11) is 3.53. The maximum Gasteiger partial charge on any atom is 0.225 e. The van der Waals surface area contributed by atoms with Gasteiger partial charge in [-0.3, -0.25) is 4.79 Å². The van der Waals surface area contributed by atoms with E-state index in [0.29, 0.717) is 30.6 Å². The lowest BCUT2D eigenvalue weighted by atomic mass is 9.70. The van der Waals surface area contributed by atoms with Gasteiger partial charge in [-0.05, 0) is 78.5 Å². The van der Waals surface area contributed by atoms with Crippen molar-refractivity contribution in [3.8, 4) is 5.75 Å². The van der Waals surface area contributed by atoms with Crippen LogP contribution < -0.4 is 9.64 Å². The normalized spacial score (nSPS) is 28.2. The summed E-state index contributed by atoms with van der Waals surface area (Å²) in [5.41, 5.74) is 3.97. The Kier molecular flexibility index (Phi) is 9.37. The third kappa shape index (κ3) is 6.33. The van der Waals surface area contributed by atoms with Gasteiger partial charge in [-0.25, -0.2) is 4.39 Å². The molecule has 5 rings (SSSR count). The molecule has 40 heavy (non-hydrogen) atoms. The predicted octanol–water partition coefficient (Wildman–Crippen LogP) is 7.14. The Labute approximate surface area is 243 Å². The lowest BCUT2D eigenvalue weighted by Crippen LogP contribution is -2.44. The second-order valence-corrected chi connectivity index (χ2v) is 12.1. The number of carbonyl (C=O) groups is 1. The minimum Gasteiger partial charge on any atom is -0.491 e. The van der Waals surface area contributed by atoms with Gasteiger partial charge in [-0.1, -0.05) is 49.2 Å². The summed E-state index contributed by atoms with van der Waals surface area (Å²) in [4.78, 5) is 16.8. The molecule has 5 unspecified atom stereocenters. The van der Waals surface area contributed by atoms with E-state index >= 15 is 4.39 Å². The second kappa shape index (κ2) is 12.9. The van der Waals surface area contributed by atoms with E-state index in [0.717, 1.165) is 61.7 Å². The third-order valence-corrected chi connectivity index (χ3v) is 9.23. The monoisotopic (exact) mass is 568 g/mol. The first-order valence-electron chi connectivity index (χ1n) is 14.7. The fourth-order valence-corrected chi connectivity index (χ4v) is 6.70. The van der Waals surface area contributed by atoms with Gasteiger partial charge < -0.3 is 19.3 Å². The highest BCUT2D eigenvalue weighted by molar-refractivity contribution is 6.30. The van der Waals surface area contributed by atoms with Gasteiger partial charge in [-0.15, -0.1) is 0 Å². The summed E-state index contributed by atoms with van der Waals surface area (Å²) in [6, 6.07) is 11.8. The number of fused-ring (bicyclic) bond motifs is 2. The van der Waals surface area contributed by atoms with Crippen molar-refractivity contribution < 1.29 is 18.7 Å². The number of hydrogen-bond acceptors (Lipinski definition) is 4. The van der Waals surface area contributed by atoms with E-state index in [2.05, 4.69) is 36.1 Å². The molecule has 0 spiro atoms. The standard InChI is InChI=1S/C33H42ClFN2O3/c1-4-7-22-16-26(34)11-13-27(22)25-20-37-19-24-9-12-28(24)31(39-3)8-5-6-15-36(2)33(38)18-29(35)23-10-14-32(40-21-25)30(37)17-23/h5,8,10-11,13-14,16-17,24-25,28-29,31H,4,6-7,9,12,15,18-21H2,1-3H3/b8-5+. The van der Waals surface area contributed by atoms with Crippen LogP contribution in [-0.2, 0) is 16.0 Å². The van der Waals surface area contributed by atoms with Crippen LogP contribution in [-0.4, -0.2) is 57.3 Å². The Morgan fingerprint density at radius 1 is 1.15 bits per heavy atom. The Bertz CT molecular complexity index is 1220. The van der Waals surface area contributed by atoms with Crippen LogP contribution in [0.3, 0.4) is 0 Å². The number of hydrogen-bond donors (Lipinski definition) is 0. The first-order valence-corrected chi connectivity index (χ1v) is 15.1. The van der Waals surface area contributed by atoms with Gasteiger partial charge in [0.2, 0.25) is 5.91 Å². The molecule has 2 bridgehead atoms. The van der Waals surface area contributed by atoms with Crippen LogP contribution in [0.5, 0.6) is 5.75 Å². The molecule has 7 heteroatoms. The van der Waals surface area contributed by atoms with Crippen LogP contribution >= 0.6 is 11.6 Å². The van der Waals surface area contributed by atoms with Crippen LogP contribution in [0.1, 0.15) is 67.8 Å². The maximum absolute atomic E-state index is 15.5. The number of methoxy groups -OCH3 is 1. The van der Waals surface area contributed by atoms with Gasteiger partial charge in [0, 0.05) is 44.7 Å². The largest absolute Gasteiger partial charge is 0.491 e. The number of aryl methyl sites for hydroxylation is 1. The predicted molar refractivity (Wildman–Crippen MR) is 159 cm³/mol. The van der Waals surface area contributed by atoms with Gasteiger partial charge in [0.15, 0.2) is 0 Å². The molecular formula is C33H42ClFN2O3. The zero-order chi connectivity index (χ0) is 28.2. The van der Waals surface area contributed by atoms with Crippen molar-refractivity contribution >= 4 is 23.2 Å². The summed E-state index contributed by atoms with van der Waals surface area (Å²) in [6.45, 7) is 4.91. The number of benzene rings is 2. The van der Waals surface area contributed by atoms with Crippen molar-refractivity contribution in [2.75, 3.05) is 45.3 Å². The number of rotatable bonds is 4. The van der Waals surface area contributed by atoms with Crippen molar-refractivity contribution in [3.63, 3.8) is 0 Å². The number of anilines is 1. The maximum atomic E-state index is 15.5. The number of amides is 1. The number of halogens is 2. The van der Waals surface area contributed by atoms with Crippen molar-refractivity contribution in [1.29, 1.82) is 0 Å². The van der Waals surface area contributed by atoms with Crippen molar-refractivity contribution in [2.24, 2.45) is 11.8 Å². The number of ether oxygens (including phenoxy) is 2. The Balaban J connectivity index is 1.52. The van der Waals surface area contributed by atoms with E-state index in [1.54, 1.807) is 25.1 Å². The van der Waals surface area contributed by atoms with Crippen molar-refractivity contribution in [3.05, 3.63) is 70.3 Å². The molecule has 1 aliphatic carbocycles. The van der Waals surface area contributed by atoms with Gasteiger partial charge in [0.1, 0.15) is 11.9 Å². The van der Waals surface area contributed by atoms with E-state index in [-0.39, 0.29) is 24.3 Å². The Morgan fingerprint density at radius 3 is 2.75 bits per heavy atom. The van der Waals surface area contributed by atoms with Crippen LogP contribution in [0.4, 0.5) is 10.1 Å². The summed E-state index contributed by atoms with van der Waals surface area (Å²) in [6.07, 6.45) is 7.75. The highest BCUT2D eigenvalue weighted by Gasteiger charge is 2.39. The average molecular weight is 569 g/mol. The van der Waals surface area contributed by atoms with Gasteiger partial charge in [0.05, 0.1) is 24.8 Å². The van der Waals surface area contributed by atoms with Crippen LogP contribution in [0.2, 0.25) is 5.02 Å². The molecule has 2 aliphatic heterocycles. The molecule has 2 heterocycles. The Hall–Kier alpha value is -2.57. The molecule has 5 atom stereocenters. The average Bonchev–Trinajstić information content (AvgIpc) is 3.11. The van der Waals surface area contributed by atoms with E-state index < -0.39 is 6.17 Å². The summed E-state index contributed by atoms with van der Waals surface area (Å²) >= 11 is 6.39. The van der Waals surface area contributed by atoms with E-state index in [4.69, 9.17) is 21.1 Å². The molecule has 2 aromatic carbocycles. The number of nitrogens with zero attached hydrogens (tertiary/aromatic N) is 2. The molecule has 0 aromatic heterocycles. The van der Waals surface area contributed by atoms with Crippen LogP contribution in [0.25, 0.3) is 0 Å². The van der Waals surface area contributed by atoms with Crippen molar-refractivity contribution in [2.45, 2.75) is 63.6 Å². The van der Waals surface area contributed by atoms with Gasteiger partial charge >= 0.3 is 0 Å². The first-order chi connectivity index (χ1) is 19.4. The number of carbonyl (C=O) groups excluding carboxylic acids is 1. The lowest BCUT2D eigenvalue weighted by molar-refractivity contribution is -0.131. The fourth-order valence-electron chi connectivity index (χ4n) is 6.51. The second-order valence-electron chi connectivity index (χ2n) is 11.6. The molecular weight excluding hydrogens is 527 g/mol. The quantitative estimate of drug-likeness (QED) is 0.368. The van der Waals surface area contributed by atoms with Gasteiger partial charge in [-0.2, -0.15) is 0 Å². The number of alkyl halides is 1. The first kappa shape index (κ1) is 28.9. The zero-order valence-electron chi connectivity index (χ0n) is 24.0. The highest BCUT2D eigenvalue weighted by atomic mass is 35.5. The van der Waals surface area contributed by atoms with Gasteiger partial charge in [0.25, 0.3) is 0 Å². The van der Waals surface area contributed by atoms with Crippen LogP contribution in [0, 0.1) is 11.8 Å². The molecule has 0 saturated heterocycles. The molecule has 2 aromatic rings. The van der Waals surface area contributed by atoms with E-state index in [9.17, 15) is 4.79 Å². The minimum atomic E-state index is -1.37. The fraction of sp³-hybridized carbons (Fsp3) is 0.545. The molecule has 1 amide bonds. The van der Waals surface area contributed by atoms with Crippen LogP contribution in [0.15, 0.2) is 48.6 Å². The van der Waals surface area contributed by atoms with E-state index in [1.165, 1.54) is 11.1 Å². The molecule has 1 saturated carbocycles. The lowest BCUT2D eigenvalue weighted by Gasteiger charge is -2.43. The summed E-state index contributed by atoms with van der Waals surface area (Å²) < 4.78 is 27.9. The summed E-state index contributed by atoms with van der Waals surface area (Å²) in [5.74, 6) is 1.61. The topological polar surface area (TPSA) is 42.0 Å². The highest BCUT2D eigenvalue weighted by Crippen LogP contribution is 2.43. The SMILES string of the molecule is CCCc1cc(Cl)ccc1C1COc2ccc3cc2N(C1)CC1CCC1C(OC)/C=C/CCN(C)C(=O)CC3F. The van der Waals surface area contributed by atoms with E-state index in [1.807, 2.05) is 18.2 Å².